The highest BCUT2D eigenvalue weighted by molar-refractivity contribution is 5.79. The summed E-state index contributed by atoms with van der Waals surface area (Å²) in [6, 6.07) is 6.08. The number of aliphatic imine (C=N–C) groups is 1. The molecule has 0 radical (unpaired) electrons. The van der Waals surface area contributed by atoms with Crippen LogP contribution in [0, 0.1) is 5.92 Å². The van der Waals surface area contributed by atoms with Crippen molar-refractivity contribution in [3.8, 4) is 11.5 Å². The van der Waals surface area contributed by atoms with Gasteiger partial charge in [0, 0.05) is 32.8 Å². The summed E-state index contributed by atoms with van der Waals surface area (Å²) in [6.07, 6.45) is 1.84. The average Bonchev–Trinajstić information content (AvgIpc) is 3.05. The summed E-state index contributed by atoms with van der Waals surface area (Å²) in [4.78, 5) is 4.59. The summed E-state index contributed by atoms with van der Waals surface area (Å²) in [7, 11) is 0. The molecule has 0 aromatic heterocycles. The maximum absolute atomic E-state index is 5.58. The van der Waals surface area contributed by atoms with Gasteiger partial charge in [0.25, 0.3) is 0 Å². The summed E-state index contributed by atoms with van der Waals surface area (Å²) in [5.41, 5.74) is 1.22. The molecule has 0 aliphatic carbocycles. The third kappa shape index (κ3) is 7.22. The van der Waals surface area contributed by atoms with E-state index in [4.69, 9.17) is 14.2 Å². The third-order valence-electron chi connectivity index (χ3n) is 3.66. The molecule has 1 aliphatic heterocycles. The zero-order chi connectivity index (χ0) is 17.9. The molecule has 0 amide bonds. The first-order valence-corrected chi connectivity index (χ1v) is 9.17. The number of ether oxygens (including phenoxy) is 3. The fraction of sp³-hybridized carbons (Fsp3) is 0.632. The first kappa shape index (κ1) is 19.4. The number of fused-ring (bicyclic) bond motifs is 1. The van der Waals surface area contributed by atoms with Crippen molar-refractivity contribution in [2.45, 2.75) is 33.6 Å². The van der Waals surface area contributed by atoms with Crippen LogP contribution in [0.4, 0.5) is 0 Å². The maximum atomic E-state index is 5.58. The molecule has 1 aliphatic rings. The number of hydrogen-bond acceptors (Lipinski definition) is 4. The van der Waals surface area contributed by atoms with Gasteiger partial charge in [0.15, 0.2) is 17.5 Å². The Hall–Kier alpha value is -1.95. The predicted octanol–water partition coefficient (Wildman–Crippen LogP) is 2.58. The fourth-order valence-corrected chi connectivity index (χ4v) is 2.44. The molecule has 6 nitrogen and oxygen atoms in total. The summed E-state index contributed by atoms with van der Waals surface area (Å²) in [5, 5.41) is 6.65. The number of nitrogens with zero attached hydrogens (tertiary/aromatic N) is 1. The molecule has 0 saturated carbocycles. The molecule has 1 aromatic carbocycles. The Morgan fingerprint density at radius 2 is 2.08 bits per heavy atom. The van der Waals surface area contributed by atoms with E-state index in [0.29, 0.717) is 12.7 Å². The second-order valence-electron chi connectivity index (χ2n) is 6.45. The number of benzene rings is 1. The molecule has 0 unspecified atom stereocenters. The van der Waals surface area contributed by atoms with E-state index in [0.717, 1.165) is 63.1 Å². The minimum absolute atomic E-state index is 0.315. The van der Waals surface area contributed by atoms with Crippen LogP contribution in [0.15, 0.2) is 23.2 Å². The summed E-state index contributed by atoms with van der Waals surface area (Å²) < 4.78 is 16.3. The first-order valence-electron chi connectivity index (χ1n) is 9.17. The number of hydrogen-bond donors (Lipinski definition) is 2. The number of nitrogens with one attached hydrogen (secondary N) is 2. The van der Waals surface area contributed by atoms with E-state index in [1.165, 1.54) is 5.56 Å². The normalized spacial score (nSPS) is 13.4. The predicted molar refractivity (Wildman–Crippen MR) is 101 cm³/mol. The molecule has 0 bridgehead atoms. The van der Waals surface area contributed by atoms with E-state index < -0.39 is 0 Å². The lowest BCUT2D eigenvalue weighted by Gasteiger charge is -2.12. The maximum Gasteiger partial charge on any atom is 0.231 e. The van der Waals surface area contributed by atoms with Gasteiger partial charge in [-0.2, -0.15) is 0 Å². The Morgan fingerprint density at radius 1 is 1.24 bits per heavy atom. The first-order chi connectivity index (χ1) is 12.2. The highest BCUT2D eigenvalue weighted by Gasteiger charge is 2.12. The van der Waals surface area contributed by atoms with Crippen molar-refractivity contribution in [3.05, 3.63) is 23.8 Å². The van der Waals surface area contributed by atoms with Crippen molar-refractivity contribution >= 4 is 5.96 Å². The largest absolute Gasteiger partial charge is 0.454 e. The van der Waals surface area contributed by atoms with Gasteiger partial charge >= 0.3 is 0 Å². The molecule has 140 valence electrons. The topological polar surface area (TPSA) is 64.1 Å². The lowest BCUT2D eigenvalue weighted by molar-refractivity contribution is 0.109. The molecule has 0 atom stereocenters. The molecular formula is C19H31N3O3. The van der Waals surface area contributed by atoms with E-state index in [1.807, 2.05) is 12.1 Å². The van der Waals surface area contributed by atoms with Gasteiger partial charge in [-0.25, -0.2) is 0 Å². The molecule has 0 saturated heterocycles. The van der Waals surface area contributed by atoms with Gasteiger partial charge in [0.05, 0.1) is 0 Å². The summed E-state index contributed by atoms with van der Waals surface area (Å²) in [6.45, 7) is 10.7. The Balaban J connectivity index is 1.68. The van der Waals surface area contributed by atoms with Crippen molar-refractivity contribution in [1.82, 2.24) is 10.6 Å². The highest BCUT2D eigenvalue weighted by atomic mass is 16.7. The zero-order valence-electron chi connectivity index (χ0n) is 15.6. The number of guanidine groups is 1. The second kappa shape index (κ2) is 10.8. The molecule has 1 aromatic rings. The van der Waals surface area contributed by atoms with Crippen molar-refractivity contribution in [1.29, 1.82) is 0 Å². The summed E-state index contributed by atoms with van der Waals surface area (Å²) >= 11 is 0. The van der Waals surface area contributed by atoms with Crippen LogP contribution in [0.5, 0.6) is 11.5 Å². The lowest BCUT2D eigenvalue weighted by Crippen LogP contribution is -2.38. The van der Waals surface area contributed by atoms with Crippen LogP contribution in [-0.4, -0.2) is 45.6 Å². The summed E-state index contributed by atoms with van der Waals surface area (Å²) in [5.74, 6) is 3.09. The van der Waals surface area contributed by atoms with Crippen LogP contribution in [0.25, 0.3) is 0 Å². The van der Waals surface area contributed by atoms with Crippen molar-refractivity contribution < 1.29 is 14.2 Å². The Labute approximate surface area is 151 Å². The Bertz CT molecular complexity index is 547. The van der Waals surface area contributed by atoms with E-state index in [-0.39, 0.29) is 0 Å². The quantitative estimate of drug-likeness (QED) is 0.386. The minimum atomic E-state index is 0.315. The van der Waals surface area contributed by atoms with Gasteiger partial charge in [-0.05, 0) is 43.4 Å². The van der Waals surface area contributed by atoms with Gasteiger partial charge in [-0.3, -0.25) is 4.99 Å². The van der Waals surface area contributed by atoms with Crippen LogP contribution in [0.2, 0.25) is 0 Å². The van der Waals surface area contributed by atoms with E-state index >= 15 is 0 Å². The Morgan fingerprint density at radius 3 is 2.88 bits per heavy atom. The standard InChI is InChI=1S/C19H31N3O3/c1-4-20-19(21-9-5-11-23-13-15(2)3)22-10-8-16-6-7-17-18(12-16)25-14-24-17/h6-7,12,15H,4-5,8-11,13-14H2,1-3H3,(H2,20,21,22). The van der Waals surface area contributed by atoms with Crippen LogP contribution >= 0.6 is 0 Å². The molecule has 25 heavy (non-hydrogen) atoms. The molecule has 2 rings (SSSR count). The van der Waals surface area contributed by atoms with Gasteiger partial charge in [0.2, 0.25) is 6.79 Å². The van der Waals surface area contributed by atoms with Crippen LogP contribution in [0.1, 0.15) is 32.8 Å². The van der Waals surface area contributed by atoms with Crippen molar-refractivity contribution in [2.75, 3.05) is 39.6 Å². The second-order valence-corrected chi connectivity index (χ2v) is 6.45. The van der Waals surface area contributed by atoms with Crippen molar-refractivity contribution in [2.24, 2.45) is 10.9 Å². The van der Waals surface area contributed by atoms with Crippen molar-refractivity contribution in [3.63, 3.8) is 0 Å². The smallest absolute Gasteiger partial charge is 0.231 e. The monoisotopic (exact) mass is 349 g/mol. The number of rotatable bonds is 10. The van der Waals surface area contributed by atoms with Crippen LogP contribution in [-0.2, 0) is 11.2 Å². The van der Waals surface area contributed by atoms with Gasteiger partial charge in [0.1, 0.15) is 0 Å². The SMILES string of the molecule is CCNC(=NCCCOCC(C)C)NCCc1ccc2c(c1)OCO2. The fourth-order valence-electron chi connectivity index (χ4n) is 2.44. The van der Waals surface area contributed by atoms with Crippen LogP contribution < -0.4 is 20.1 Å². The van der Waals surface area contributed by atoms with Gasteiger partial charge < -0.3 is 24.8 Å². The molecule has 1 heterocycles. The van der Waals surface area contributed by atoms with Gasteiger partial charge in [-0.15, -0.1) is 0 Å². The average molecular weight is 349 g/mol. The zero-order valence-corrected chi connectivity index (χ0v) is 15.6. The van der Waals surface area contributed by atoms with E-state index in [9.17, 15) is 0 Å². The van der Waals surface area contributed by atoms with E-state index in [2.05, 4.69) is 42.5 Å². The van der Waals surface area contributed by atoms with Gasteiger partial charge in [-0.1, -0.05) is 19.9 Å². The highest BCUT2D eigenvalue weighted by Crippen LogP contribution is 2.32. The Kier molecular flexibility index (Phi) is 8.39. The molecular weight excluding hydrogens is 318 g/mol. The molecule has 0 fully saturated rings. The minimum Gasteiger partial charge on any atom is -0.454 e. The van der Waals surface area contributed by atoms with E-state index in [1.54, 1.807) is 0 Å². The van der Waals surface area contributed by atoms with Crippen LogP contribution in [0.3, 0.4) is 0 Å². The lowest BCUT2D eigenvalue weighted by atomic mass is 10.1. The molecule has 6 heteroatoms. The molecule has 0 spiro atoms. The third-order valence-corrected chi connectivity index (χ3v) is 3.66. The molecule has 2 N–H and O–H groups in total.